The Kier molecular flexibility index (Phi) is 4.20. The Labute approximate surface area is 179 Å². The summed E-state index contributed by atoms with van der Waals surface area (Å²) in [5.74, 6) is 0.370. The van der Waals surface area contributed by atoms with Crippen molar-refractivity contribution in [3.63, 3.8) is 0 Å². The SMILES string of the molecule is CC(C)(C)c1ccc([P+]23Oc4cc(O)c(O)c(c4O2)O3)c(C(C)(C)C)c1C(C)(C)C. The first-order valence-electron chi connectivity index (χ1n) is 10.3. The molecule has 0 saturated carbocycles. The first-order chi connectivity index (χ1) is 13.6. The van der Waals surface area contributed by atoms with Gasteiger partial charge in [0.15, 0.2) is 5.75 Å². The number of hydrogen-bond donors (Lipinski definition) is 2. The highest BCUT2D eigenvalue weighted by atomic mass is 31.2. The van der Waals surface area contributed by atoms with Crippen molar-refractivity contribution in [2.24, 2.45) is 0 Å². The molecular formula is C24H32O5P+. The van der Waals surface area contributed by atoms with Crippen LogP contribution < -0.4 is 18.9 Å². The number of aromatic hydroxyl groups is 2. The Morgan fingerprint density at radius 1 is 0.700 bits per heavy atom. The van der Waals surface area contributed by atoms with E-state index in [0.717, 1.165) is 10.9 Å². The van der Waals surface area contributed by atoms with Gasteiger partial charge in [0.25, 0.3) is 11.5 Å². The molecule has 2 N–H and O–H groups in total. The Balaban J connectivity index is 2.02. The van der Waals surface area contributed by atoms with Crippen LogP contribution in [0, 0.1) is 0 Å². The molecule has 5 nitrogen and oxygen atoms in total. The van der Waals surface area contributed by atoms with Crippen molar-refractivity contribution in [1.82, 2.24) is 0 Å². The van der Waals surface area contributed by atoms with E-state index in [9.17, 15) is 10.2 Å². The second kappa shape index (κ2) is 5.97. The van der Waals surface area contributed by atoms with Gasteiger partial charge >= 0.3 is 7.94 Å². The van der Waals surface area contributed by atoms with Gasteiger partial charge in [-0.05, 0) is 33.4 Å². The van der Waals surface area contributed by atoms with Gasteiger partial charge in [-0.25, -0.2) is 0 Å². The van der Waals surface area contributed by atoms with Crippen molar-refractivity contribution >= 4 is 13.2 Å². The Morgan fingerprint density at radius 2 is 1.27 bits per heavy atom. The molecule has 0 aliphatic carbocycles. The molecule has 162 valence electrons. The molecule has 2 aliphatic heterocycles. The van der Waals surface area contributed by atoms with Gasteiger partial charge in [0.1, 0.15) is 0 Å². The Hall–Kier alpha value is -2.13. The highest BCUT2D eigenvalue weighted by Crippen LogP contribution is 2.78. The van der Waals surface area contributed by atoms with E-state index in [1.165, 1.54) is 17.2 Å². The van der Waals surface area contributed by atoms with Crippen LogP contribution in [0.4, 0.5) is 0 Å². The minimum atomic E-state index is -3.00. The van der Waals surface area contributed by atoms with Crippen molar-refractivity contribution in [3.8, 4) is 28.7 Å². The number of fused-ring (bicyclic) bond motifs is 1. The van der Waals surface area contributed by atoms with Gasteiger partial charge in [0, 0.05) is 11.6 Å². The molecule has 1 atom stereocenters. The fourth-order valence-electron chi connectivity index (χ4n) is 4.39. The van der Waals surface area contributed by atoms with E-state index >= 15 is 0 Å². The lowest BCUT2D eigenvalue weighted by molar-refractivity contribution is 0.372. The van der Waals surface area contributed by atoms with E-state index in [1.54, 1.807) is 0 Å². The quantitative estimate of drug-likeness (QED) is 0.413. The summed E-state index contributed by atoms with van der Waals surface area (Å²) in [6, 6.07) is 5.62. The first kappa shape index (κ1) is 21.1. The number of phenols is 2. The smallest absolute Gasteiger partial charge is 0.504 e. The zero-order valence-electron chi connectivity index (χ0n) is 19.3. The molecule has 0 fully saturated rings. The van der Waals surface area contributed by atoms with Crippen LogP contribution in [0.1, 0.15) is 79.0 Å². The van der Waals surface area contributed by atoms with Crippen molar-refractivity contribution in [1.29, 1.82) is 0 Å². The van der Waals surface area contributed by atoms with Crippen molar-refractivity contribution in [2.45, 2.75) is 78.6 Å². The summed E-state index contributed by atoms with van der Waals surface area (Å²) in [5.41, 5.74) is 3.36. The molecule has 2 heterocycles. The molecule has 2 aromatic carbocycles. The van der Waals surface area contributed by atoms with Crippen LogP contribution in [0.15, 0.2) is 18.2 Å². The lowest BCUT2D eigenvalue weighted by Gasteiger charge is -2.37. The predicted octanol–water partition coefficient (Wildman–Crippen LogP) is 6.24. The lowest BCUT2D eigenvalue weighted by Crippen LogP contribution is -2.36. The van der Waals surface area contributed by atoms with Crippen LogP contribution in [0.5, 0.6) is 28.7 Å². The predicted molar refractivity (Wildman–Crippen MR) is 121 cm³/mol. The maximum absolute atomic E-state index is 10.3. The summed E-state index contributed by atoms with van der Waals surface area (Å²) < 4.78 is 18.6. The number of phenolic OH excluding ortho intramolecular Hbond substituents is 2. The van der Waals surface area contributed by atoms with Gasteiger partial charge in [-0.1, -0.05) is 68.4 Å². The molecule has 0 amide bonds. The first-order valence-corrected chi connectivity index (χ1v) is 11.9. The normalized spacial score (nSPS) is 20.0. The summed E-state index contributed by atoms with van der Waals surface area (Å²) in [6.07, 6.45) is 0. The largest absolute Gasteiger partial charge is 0.581 e. The zero-order valence-corrected chi connectivity index (χ0v) is 20.2. The average Bonchev–Trinajstić information content (AvgIpc) is 3.14. The Bertz CT molecular complexity index is 1050. The fraction of sp³-hybridized carbons (Fsp3) is 0.500. The zero-order chi connectivity index (χ0) is 22.4. The summed E-state index contributed by atoms with van der Waals surface area (Å²) in [7, 11) is -3.00. The number of hydrogen-bond acceptors (Lipinski definition) is 5. The minimum Gasteiger partial charge on any atom is -0.504 e. The van der Waals surface area contributed by atoms with E-state index in [-0.39, 0.29) is 33.5 Å². The molecule has 0 spiro atoms. The third-order valence-electron chi connectivity index (χ3n) is 5.58. The second-order valence-electron chi connectivity index (χ2n) is 11.3. The molecule has 30 heavy (non-hydrogen) atoms. The van der Waals surface area contributed by atoms with Crippen molar-refractivity contribution in [2.75, 3.05) is 0 Å². The van der Waals surface area contributed by atoms with E-state index < -0.39 is 7.94 Å². The van der Waals surface area contributed by atoms with Crippen molar-refractivity contribution < 1.29 is 23.8 Å². The van der Waals surface area contributed by atoms with Gasteiger partial charge < -0.3 is 10.2 Å². The summed E-state index contributed by atoms with van der Waals surface area (Å²) in [4.78, 5) is 0. The molecule has 0 radical (unpaired) electrons. The molecule has 2 aliphatic rings. The van der Waals surface area contributed by atoms with Gasteiger partial charge in [0.05, 0.1) is 0 Å². The summed E-state index contributed by atoms with van der Waals surface area (Å²) in [6.45, 7) is 20.0. The highest BCUT2D eigenvalue weighted by Gasteiger charge is 2.68. The molecular weight excluding hydrogens is 399 g/mol. The van der Waals surface area contributed by atoms with Gasteiger partial charge in [0.2, 0.25) is 16.8 Å². The highest BCUT2D eigenvalue weighted by molar-refractivity contribution is 7.71. The van der Waals surface area contributed by atoms with Gasteiger partial charge in [-0.2, -0.15) is 0 Å². The Morgan fingerprint density at radius 3 is 1.80 bits per heavy atom. The maximum Gasteiger partial charge on any atom is 0.581 e. The van der Waals surface area contributed by atoms with E-state index in [4.69, 9.17) is 13.6 Å². The van der Waals surface area contributed by atoms with Crippen LogP contribution in [0.3, 0.4) is 0 Å². The summed E-state index contributed by atoms with van der Waals surface area (Å²) >= 11 is 0. The average molecular weight is 431 g/mol. The van der Waals surface area contributed by atoms with Crippen LogP contribution >= 0.6 is 7.94 Å². The number of rotatable bonds is 1. The van der Waals surface area contributed by atoms with Crippen LogP contribution in [0.25, 0.3) is 0 Å². The fourth-order valence-corrected chi connectivity index (χ4v) is 6.99. The molecule has 2 aromatic rings. The third kappa shape index (κ3) is 2.93. The van der Waals surface area contributed by atoms with Gasteiger partial charge in [-0.3, -0.25) is 13.6 Å². The molecule has 6 heteroatoms. The monoisotopic (exact) mass is 431 g/mol. The van der Waals surface area contributed by atoms with Crippen LogP contribution in [-0.4, -0.2) is 10.2 Å². The summed E-state index contributed by atoms with van der Waals surface area (Å²) in [5, 5.41) is 21.1. The van der Waals surface area contributed by atoms with E-state index in [2.05, 4.69) is 74.4 Å². The standard InChI is InChI=1S/C24H31O5P/c1-22(2,3)13-10-11-16(18(24(7,8)9)17(13)23(4,5)6)30-27-15-12-14(25)19(26)21(29-30)20(15)28-30/h10-12H,1-9H3,(H-,25,26)/p+1. The molecule has 4 rings (SSSR count). The molecule has 1 unspecified atom stereocenters. The van der Waals surface area contributed by atoms with E-state index in [1.807, 2.05) is 0 Å². The molecule has 0 saturated heterocycles. The maximum atomic E-state index is 10.3. The minimum absolute atomic E-state index is 0.0386. The molecule has 2 bridgehead atoms. The van der Waals surface area contributed by atoms with Gasteiger partial charge in [-0.15, -0.1) is 0 Å². The second-order valence-corrected chi connectivity index (χ2v) is 13.3. The van der Waals surface area contributed by atoms with Crippen molar-refractivity contribution in [3.05, 3.63) is 34.9 Å². The lowest BCUT2D eigenvalue weighted by atomic mass is 9.69. The molecule has 0 aromatic heterocycles. The van der Waals surface area contributed by atoms with Crippen LogP contribution in [0.2, 0.25) is 0 Å². The topological polar surface area (TPSA) is 68.2 Å². The van der Waals surface area contributed by atoms with Crippen LogP contribution in [-0.2, 0) is 16.2 Å². The van der Waals surface area contributed by atoms with E-state index in [0.29, 0.717) is 11.5 Å². The third-order valence-corrected chi connectivity index (χ3v) is 7.83. The number of benzene rings is 2.